The van der Waals surface area contributed by atoms with Gasteiger partial charge in [0.2, 0.25) is 5.89 Å². The number of aromatic nitrogens is 3. The first-order valence-electron chi connectivity index (χ1n) is 10.0. The maximum Gasteiger partial charge on any atom is 0.263 e. The van der Waals surface area contributed by atoms with Crippen molar-refractivity contribution in [3.63, 3.8) is 0 Å². The summed E-state index contributed by atoms with van der Waals surface area (Å²) < 4.78 is 5.47. The third-order valence-corrected chi connectivity index (χ3v) is 6.42. The fraction of sp³-hybridized carbons (Fsp3) is 0.455. The minimum absolute atomic E-state index is 0.124. The zero-order chi connectivity index (χ0) is 20.7. The number of rotatable bonds is 6. The standard InChI is InChI=1S/C22H26N4O2S/c1-11(2)17(21-25-19(26-28-21)15-7-8-15)24-20(27)18-14(5)23-22(29-18)16-9-6-12(3)10-13(16)4/h6,9-11,15,17H,7-8H2,1-5H3,(H,24,27). The summed E-state index contributed by atoms with van der Waals surface area (Å²) in [5.41, 5.74) is 4.16. The number of thiazole rings is 1. The van der Waals surface area contributed by atoms with Crippen molar-refractivity contribution in [2.75, 3.05) is 0 Å². The Morgan fingerprint density at radius 2 is 1.97 bits per heavy atom. The van der Waals surface area contributed by atoms with E-state index in [0.717, 1.165) is 40.5 Å². The number of aryl methyl sites for hydroxylation is 3. The van der Waals surface area contributed by atoms with E-state index in [2.05, 4.69) is 52.5 Å². The van der Waals surface area contributed by atoms with Crippen molar-refractivity contribution in [2.24, 2.45) is 5.92 Å². The van der Waals surface area contributed by atoms with E-state index in [4.69, 9.17) is 4.52 Å². The molecule has 0 aliphatic heterocycles. The quantitative estimate of drug-likeness (QED) is 0.610. The molecular weight excluding hydrogens is 384 g/mol. The number of nitrogens with zero attached hydrogens (tertiary/aromatic N) is 3. The lowest BCUT2D eigenvalue weighted by molar-refractivity contribution is 0.0917. The lowest BCUT2D eigenvalue weighted by atomic mass is 10.0. The van der Waals surface area contributed by atoms with Gasteiger partial charge in [0, 0.05) is 11.5 Å². The van der Waals surface area contributed by atoms with Crippen LogP contribution in [0.2, 0.25) is 0 Å². The van der Waals surface area contributed by atoms with Gasteiger partial charge < -0.3 is 9.84 Å². The number of nitrogens with one attached hydrogen (secondary N) is 1. The molecule has 152 valence electrons. The van der Waals surface area contributed by atoms with E-state index in [0.29, 0.717) is 16.7 Å². The predicted octanol–water partition coefficient (Wildman–Crippen LogP) is 5.12. The van der Waals surface area contributed by atoms with Crippen LogP contribution in [0, 0.1) is 26.7 Å². The highest BCUT2D eigenvalue weighted by Gasteiger charge is 2.32. The van der Waals surface area contributed by atoms with Crippen LogP contribution in [0.1, 0.15) is 76.9 Å². The van der Waals surface area contributed by atoms with Gasteiger partial charge in [-0.2, -0.15) is 4.98 Å². The molecule has 0 saturated heterocycles. The number of benzene rings is 1. The summed E-state index contributed by atoms with van der Waals surface area (Å²) in [6.45, 7) is 10.1. The van der Waals surface area contributed by atoms with Crippen molar-refractivity contribution in [1.82, 2.24) is 20.4 Å². The first-order valence-corrected chi connectivity index (χ1v) is 10.8. The van der Waals surface area contributed by atoms with E-state index in [-0.39, 0.29) is 17.9 Å². The van der Waals surface area contributed by atoms with Gasteiger partial charge in [-0.25, -0.2) is 4.98 Å². The lowest BCUT2D eigenvalue weighted by Crippen LogP contribution is -2.32. The summed E-state index contributed by atoms with van der Waals surface area (Å²) in [4.78, 5) is 22.9. The predicted molar refractivity (Wildman–Crippen MR) is 113 cm³/mol. The minimum atomic E-state index is -0.325. The molecular formula is C22H26N4O2S. The first kappa shape index (κ1) is 19.8. The van der Waals surface area contributed by atoms with Crippen LogP contribution in [0.5, 0.6) is 0 Å². The summed E-state index contributed by atoms with van der Waals surface area (Å²) in [5, 5.41) is 8.04. The highest BCUT2D eigenvalue weighted by atomic mass is 32.1. The van der Waals surface area contributed by atoms with Crippen LogP contribution in [0.15, 0.2) is 22.7 Å². The van der Waals surface area contributed by atoms with Crippen LogP contribution < -0.4 is 5.32 Å². The Labute approximate surface area is 174 Å². The molecule has 0 radical (unpaired) electrons. The third-order valence-electron chi connectivity index (χ3n) is 5.23. The lowest BCUT2D eigenvalue weighted by Gasteiger charge is -2.18. The SMILES string of the molecule is Cc1ccc(-c2nc(C)c(C(=O)NC(c3nc(C4CC4)no3)C(C)C)s2)c(C)c1. The van der Waals surface area contributed by atoms with Crippen molar-refractivity contribution >= 4 is 17.2 Å². The topological polar surface area (TPSA) is 80.9 Å². The van der Waals surface area contributed by atoms with Crippen LogP contribution in [-0.4, -0.2) is 21.0 Å². The van der Waals surface area contributed by atoms with E-state index in [9.17, 15) is 4.79 Å². The molecule has 1 amide bonds. The molecule has 29 heavy (non-hydrogen) atoms. The van der Waals surface area contributed by atoms with Crippen molar-refractivity contribution < 1.29 is 9.32 Å². The number of amides is 1. The molecule has 2 aromatic heterocycles. The van der Waals surface area contributed by atoms with Crippen LogP contribution in [0.4, 0.5) is 0 Å². The Hall–Kier alpha value is -2.54. The average molecular weight is 411 g/mol. The highest BCUT2D eigenvalue weighted by molar-refractivity contribution is 7.17. The molecule has 1 aliphatic rings. The second kappa shape index (κ2) is 7.71. The van der Waals surface area contributed by atoms with Gasteiger partial charge in [0.15, 0.2) is 5.82 Å². The van der Waals surface area contributed by atoms with Crippen molar-refractivity contribution in [1.29, 1.82) is 0 Å². The molecule has 7 heteroatoms. The number of carbonyl (C=O) groups excluding carboxylic acids is 1. The van der Waals surface area contributed by atoms with E-state index >= 15 is 0 Å². The third kappa shape index (κ3) is 4.10. The molecule has 4 rings (SSSR count). The number of hydrogen-bond donors (Lipinski definition) is 1. The summed E-state index contributed by atoms with van der Waals surface area (Å²) in [5.74, 6) is 1.62. The largest absolute Gasteiger partial charge is 0.339 e. The molecule has 3 aromatic rings. The Morgan fingerprint density at radius 3 is 2.62 bits per heavy atom. The highest BCUT2D eigenvalue weighted by Crippen LogP contribution is 2.39. The molecule has 1 fully saturated rings. The Bertz CT molecular complexity index is 1050. The normalized spacial score (nSPS) is 15.0. The van der Waals surface area contributed by atoms with E-state index < -0.39 is 0 Å². The average Bonchev–Trinajstić information content (AvgIpc) is 3.27. The molecule has 1 N–H and O–H groups in total. The van der Waals surface area contributed by atoms with Crippen LogP contribution in [0.3, 0.4) is 0 Å². The molecule has 1 aromatic carbocycles. The van der Waals surface area contributed by atoms with E-state index in [1.54, 1.807) is 0 Å². The molecule has 6 nitrogen and oxygen atoms in total. The van der Waals surface area contributed by atoms with Crippen LogP contribution >= 0.6 is 11.3 Å². The zero-order valence-corrected chi connectivity index (χ0v) is 18.3. The van der Waals surface area contributed by atoms with Gasteiger partial charge in [-0.15, -0.1) is 11.3 Å². The van der Waals surface area contributed by atoms with Crippen molar-refractivity contribution in [3.05, 3.63) is 51.6 Å². The van der Waals surface area contributed by atoms with Gasteiger partial charge in [-0.1, -0.05) is 42.8 Å². The van der Waals surface area contributed by atoms with Crippen LogP contribution in [-0.2, 0) is 0 Å². The molecule has 1 atom stereocenters. The Kier molecular flexibility index (Phi) is 5.25. The fourth-order valence-corrected chi connectivity index (χ4v) is 4.44. The molecule has 1 saturated carbocycles. The van der Waals surface area contributed by atoms with Gasteiger partial charge in [0.05, 0.1) is 5.69 Å². The Balaban J connectivity index is 1.57. The smallest absolute Gasteiger partial charge is 0.263 e. The number of carbonyl (C=O) groups is 1. The molecule has 0 spiro atoms. The fourth-order valence-electron chi connectivity index (χ4n) is 3.38. The molecule has 2 heterocycles. The maximum atomic E-state index is 13.1. The Morgan fingerprint density at radius 1 is 1.21 bits per heavy atom. The van der Waals surface area contributed by atoms with Crippen molar-refractivity contribution in [2.45, 2.75) is 59.4 Å². The van der Waals surface area contributed by atoms with Gasteiger partial charge in [-0.05, 0) is 45.1 Å². The van der Waals surface area contributed by atoms with Crippen molar-refractivity contribution in [3.8, 4) is 10.6 Å². The monoisotopic (exact) mass is 410 g/mol. The summed E-state index contributed by atoms with van der Waals surface area (Å²) in [7, 11) is 0. The van der Waals surface area contributed by atoms with Gasteiger partial charge in [0.25, 0.3) is 5.91 Å². The first-order chi connectivity index (χ1) is 13.8. The molecule has 1 aliphatic carbocycles. The summed E-state index contributed by atoms with van der Waals surface area (Å²) >= 11 is 1.42. The van der Waals surface area contributed by atoms with E-state index in [1.165, 1.54) is 16.9 Å². The summed E-state index contributed by atoms with van der Waals surface area (Å²) in [6, 6.07) is 5.95. The van der Waals surface area contributed by atoms with E-state index in [1.807, 2.05) is 20.8 Å². The second-order valence-electron chi connectivity index (χ2n) is 8.21. The maximum absolute atomic E-state index is 13.1. The van der Waals surface area contributed by atoms with Gasteiger partial charge in [-0.3, -0.25) is 4.79 Å². The van der Waals surface area contributed by atoms with Gasteiger partial charge >= 0.3 is 0 Å². The second-order valence-corrected chi connectivity index (χ2v) is 9.21. The molecule has 1 unspecified atom stereocenters. The van der Waals surface area contributed by atoms with Crippen LogP contribution in [0.25, 0.3) is 10.6 Å². The molecule has 0 bridgehead atoms. The minimum Gasteiger partial charge on any atom is -0.339 e. The zero-order valence-electron chi connectivity index (χ0n) is 17.4. The van der Waals surface area contributed by atoms with Gasteiger partial charge in [0.1, 0.15) is 15.9 Å². The number of hydrogen-bond acceptors (Lipinski definition) is 6. The summed E-state index contributed by atoms with van der Waals surface area (Å²) in [6.07, 6.45) is 2.22.